The van der Waals surface area contributed by atoms with Crippen LogP contribution >= 0.6 is 11.3 Å². The van der Waals surface area contributed by atoms with E-state index in [1.54, 1.807) is 11.4 Å². The number of hydrogen-bond donors (Lipinski definition) is 1. The van der Waals surface area contributed by atoms with E-state index in [4.69, 9.17) is 4.74 Å². The normalized spacial score (nSPS) is 17.2. The number of hydrogen-bond acceptors (Lipinski definition) is 5. The Morgan fingerprint density at radius 2 is 2.09 bits per heavy atom. The molecule has 3 aromatic rings. The van der Waals surface area contributed by atoms with Gasteiger partial charge in [0.2, 0.25) is 5.91 Å². The molecule has 1 N–H and O–H groups in total. The van der Waals surface area contributed by atoms with Crippen LogP contribution in [0.1, 0.15) is 64.4 Å². The summed E-state index contributed by atoms with van der Waals surface area (Å²) in [6, 6.07) is 12.2. The lowest BCUT2D eigenvalue weighted by atomic mass is 9.87. The second kappa shape index (κ2) is 9.54. The molecule has 0 spiro atoms. The van der Waals surface area contributed by atoms with Crippen LogP contribution in [0.15, 0.2) is 47.8 Å². The van der Waals surface area contributed by atoms with E-state index in [0.717, 1.165) is 36.0 Å². The van der Waals surface area contributed by atoms with Gasteiger partial charge < -0.3 is 15.0 Å². The van der Waals surface area contributed by atoms with Gasteiger partial charge in [-0.15, -0.1) is 11.3 Å². The third kappa shape index (κ3) is 4.82. The van der Waals surface area contributed by atoms with Crippen LogP contribution in [0.3, 0.4) is 0 Å². The lowest BCUT2D eigenvalue weighted by Crippen LogP contribution is -2.40. The van der Waals surface area contributed by atoms with Gasteiger partial charge in [0, 0.05) is 24.4 Å². The molecule has 1 unspecified atom stereocenters. The largest absolute Gasteiger partial charge is 0.486 e. The highest BCUT2D eigenvalue weighted by molar-refractivity contribution is 7.09. The number of nitrogens with zero attached hydrogens (tertiary/aromatic N) is 2. The lowest BCUT2D eigenvalue weighted by Gasteiger charge is -2.38. The molecule has 0 bridgehead atoms. The maximum absolute atomic E-state index is 14.1. The number of carbonyl (C=O) groups excluding carboxylic acids is 2. The second-order valence-corrected chi connectivity index (χ2v) is 9.61. The summed E-state index contributed by atoms with van der Waals surface area (Å²) in [5.74, 6) is 0.208. The summed E-state index contributed by atoms with van der Waals surface area (Å²) in [5, 5.41) is 5.40. The summed E-state index contributed by atoms with van der Waals surface area (Å²) in [5.41, 5.74) is 3.22. The van der Waals surface area contributed by atoms with Crippen LogP contribution in [-0.4, -0.2) is 34.3 Å². The van der Waals surface area contributed by atoms with E-state index in [9.17, 15) is 14.0 Å². The molecule has 0 radical (unpaired) electrons. The molecule has 2 amide bonds. The van der Waals surface area contributed by atoms with Crippen LogP contribution in [-0.2, 0) is 17.8 Å². The van der Waals surface area contributed by atoms with E-state index >= 15 is 0 Å². The molecular formula is C26H26FN3O3S. The summed E-state index contributed by atoms with van der Waals surface area (Å²) < 4.78 is 20.1. The minimum atomic E-state index is -0.368. The minimum Gasteiger partial charge on any atom is -0.486 e. The number of carbonyl (C=O) groups is 2. The van der Waals surface area contributed by atoms with Crippen LogP contribution in [0.5, 0.6) is 5.75 Å². The molecule has 176 valence electrons. The monoisotopic (exact) mass is 479 g/mol. The Labute approximate surface area is 201 Å². The maximum Gasteiger partial charge on any atom is 0.270 e. The number of nitrogens with one attached hydrogen (secondary N) is 1. The number of amides is 2. The molecule has 1 fully saturated rings. The quantitative estimate of drug-likeness (QED) is 0.536. The molecule has 1 saturated carbocycles. The average Bonchev–Trinajstić information content (AvgIpc) is 3.53. The van der Waals surface area contributed by atoms with Crippen molar-refractivity contribution >= 4 is 23.2 Å². The molecule has 0 saturated heterocycles. The SMILES string of the molecule is CCC(=O)N1CCc2ccc(OCc3nc(C(=O)NC4CC4)cs3)cc2C1c1cccc(F)c1. The van der Waals surface area contributed by atoms with Crippen LogP contribution in [0.25, 0.3) is 0 Å². The minimum absolute atomic E-state index is 0.0334. The smallest absolute Gasteiger partial charge is 0.270 e. The number of thiazole rings is 1. The predicted molar refractivity (Wildman–Crippen MR) is 127 cm³/mol. The lowest BCUT2D eigenvalue weighted by molar-refractivity contribution is -0.132. The fourth-order valence-electron chi connectivity index (χ4n) is 4.30. The van der Waals surface area contributed by atoms with Crippen molar-refractivity contribution in [1.82, 2.24) is 15.2 Å². The van der Waals surface area contributed by atoms with E-state index in [0.29, 0.717) is 29.4 Å². The predicted octanol–water partition coefficient (Wildman–Crippen LogP) is 4.64. The van der Waals surface area contributed by atoms with Gasteiger partial charge in [0.25, 0.3) is 5.91 Å². The van der Waals surface area contributed by atoms with Gasteiger partial charge in [0.15, 0.2) is 0 Å². The Morgan fingerprint density at radius 1 is 1.24 bits per heavy atom. The van der Waals surface area contributed by atoms with Gasteiger partial charge in [0.05, 0.1) is 6.04 Å². The Kier molecular flexibility index (Phi) is 6.32. The van der Waals surface area contributed by atoms with Crippen molar-refractivity contribution in [2.24, 2.45) is 0 Å². The van der Waals surface area contributed by atoms with Crippen molar-refractivity contribution in [3.8, 4) is 5.75 Å². The first-order valence-electron chi connectivity index (χ1n) is 11.6. The molecule has 8 heteroatoms. The summed E-state index contributed by atoms with van der Waals surface area (Å²) in [6.07, 6.45) is 3.18. The van der Waals surface area contributed by atoms with E-state index in [2.05, 4.69) is 10.3 Å². The zero-order valence-electron chi connectivity index (χ0n) is 18.9. The molecule has 6 nitrogen and oxygen atoms in total. The van der Waals surface area contributed by atoms with Gasteiger partial charge in [-0.2, -0.15) is 0 Å². The molecule has 2 heterocycles. The highest BCUT2D eigenvalue weighted by atomic mass is 32.1. The van der Waals surface area contributed by atoms with Crippen LogP contribution < -0.4 is 10.1 Å². The van der Waals surface area contributed by atoms with Crippen LogP contribution in [0.2, 0.25) is 0 Å². The van der Waals surface area contributed by atoms with E-state index in [1.165, 1.54) is 23.5 Å². The van der Waals surface area contributed by atoms with Gasteiger partial charge in [-0.3, -0.25) is 9.59 Å². The average molecular weight is 480 g/mol. The van der Waals surface area contributed by atoms with E-state index < -0.39 is 0 Å². The number of benzene rings is 2. The van der Waals surface area contributed by atoms with Gasteiger partial charge >= 0.3 is 0 Å². The zero-order chi connectivity index (χ0) is 23.7. The number of ether oxygens (including phenoxy) is 1. The van der Waals surface area contributed by atoms with Crippen molar-refractivity contribution < 1.29 is 18.7 Å². The summed E-state index contributed by atoms with van der Waals surface area (Å²) in [4.78, 5) is 31.1. The fraction of sp³-hybridized carbons (Fsp3) is 0.346. The highest BCUT2D eigenvalue weighted by Crippen LogP contribution is 2.38. The highest BCUT2D eigenvalue weighted by Gasteiger charge is 2.32. The first-order valence-corrected chi connectivity index (χ1v) is 12.5. The topological polar surface area (TPSA) is 71.5 Å². The number of halogens is 1. The molecule has 5 rings (SSSR count). The van der Waals surface area contributed by atoms with Crippen molar-refractivity contribution in [2.45, 2.75) is 51.3 Å². The first-order chi connectivity index (χ1) is 16.5. The van der Waals surface area contributed by atoms with Crippen molar-refractivity contribution in [1.29, 1.82) is 0 Å². The van der Waals surface area contributed by atoms with E-state index in [-0.39, 0.29) is 36.3 Å². The molecule has 2 aliphatic rings. The number of aromatic nitrogens is 1. The third-order valence-corrected chi connectivity index (χ3v) is 7.01. The van der Waals surface area contributed by atoms with Gasteiger partial charge in [0.1, 0.15) is 28.9 Å². The van der Waals surface area contributed by atoms with Crippen molar-refractivity contribution in [3.05, 3.63) is 81.1 Å². The maximum atomic E-state index is 14.1. The fourth-order valence-corrected chi connectivity index (χ4v) is 4.99. The molecule has 1 atom stereocenters. The first kappa shape index (κ1) is 22.5. The Morgan fingerprint density at radius 3 is 2.85 bits per heavy atom. The molecule has 34 heavy (non-hydrogen) atoms. The third-order valence-electron chi connectivity index (χ3n) is 6.19. The van der Waals surface area contributed by atoms with Gasteiger partial charge in [-0.25, -0.2) is 9.37 Å². The standard InChI is InChI=1S/C26H26FN3O3S/c1-2-24(31)30-11-10-16-6-9-20(13-21(16)25(30)17-4-3-5-18(27)12-17)33-14-23-29-22(15-34-23)26(32)28-19-7-8-19/h3-6,9,12-13,15,19,25H,2,7-8,10-11,14H2,1H3,(H,28,32). The zero-order valence-corrected chi connectivity index (χ0v) is 19.7. The molecule has 1 aliphatic carbocycles. The van der Waals surface area contributed by atoms with Crippen LogP contribution in [0, 0.1) is 5.82 Å². The molecule has 1 aliphatic heterocycles. The number of fused-ring (bicyclic) bond motifs is 1. The Hall–Kier alpha value is -3.26. The number of rotatable bonds is 7. The van der Waals surface area contributed by atoms with Crippen molar-refractivity contribution in [3.63, 3.8) is 0 Å². The molecular weight excluding hydrogens is 453 g/mol. The Bertz CT molecular complexity index is 1220. The summed E-state index contributed by atoms with van der Waals surface area (Å²) in [7, 11) is 0. The molecule has 2 aromatic carbocycles. The summed E-state index contributed by atoms with van der Waals surface area (Å²) in [6.45, 7) is 2.67. The molecule has 1 aromatic heterocycles. The van der Waals surface area contributed by atoms with Gasteiger partial charge in [-0.1, -0.05) is 25.1 Å². The summed E-state index contributed by atoms with van der Waals surface area (Å²) >= 11 is 1.39. The van der Waals surface area contributed by atoms with E-state index in [1.807, 2.05) is 36.1 Å². The van der Waals surface area contributed by atoms with Crippen molar-refractivity contribution in [2.75, 3.05) is 6.54 Å². The Balaban J connectivity index is 1.37. The van der Waals surface area contributed by atoms with Crippen LogP contribution in [0.4, 0.5) is 4.39 Å². The second-order valence-electron chi connectivity index (χ2n) is 8.67. The van der Waals surface area contributed by atoms with Gasteiger partial charge in [-0.05, 0) is 60.2 Å².